The van der Waals surface area contributed by atoms with E-state index in [2.05, 4.69) is 25.3 Å². The summed E-state index contributed by atoms with van der Waals surface area (Å²) in [5, 5.41) is 3.56. The lowest BCUT2D eigenvalue weighted by molar-refractivity contribution is 0.913. The molecule has 1 aromatic carbocycles. The van der Waals surface area contributed by atoms with E-state index in [1.54, 1.807) is 30.6 Å². The van der Waals surface area contributed by atoms with E-state index < -0.39 is 0 Å². The van der Waals surface area contributed by atoms with Crippen LogP contribution in [0, 0.1) is 0 Å². The number of fused-ring (bicyclic) bond motifs is 1. The summed E-state index contributed by atoms with van der Waals surface area (Å²) in [6, 6.07) is 5.08. The first kappa shape index (κ1) is 12.2. The number of hydrogen-bond donors (Lipinski definition) is 4. The number of H-pyrrole nitrogens is 2. The van der Waals surface area contributed by atoms with Crippen molar-refractivity contribution in [3.05, 3.63) is 46.8 Å². The van der Waals surface area contributed by atoms with Crippen LogP contribution in [-0.4, -0.2) is 26.5 Å². The van der Waals surface area contributed by atoms with E-state index in [0.717, 1.165) is 12.2 Å². The number of nitrogens with zero attached hydrogens (tertiary/aromatic N) is 2. The average molecular weight is 270 g/mol. The van der Waals surface area contributed by atoms with Crippen molar-refractivity contribution >= 4 is 22.5 Å². The quantitative estimate of drug-likeness (QED) is 0.526. The summed E-state index contributed by atoms with van der Waals surface area (Å²) in [5.74, 6) is 1.33. The second-order valence-electron chi connectivity index (χ2n) is 4.40. The van der Waals surface area contributed by atoms with Gasteiger partial charge in [0.25, 0.3) is 5.56 Å². The zero-order valence-electron chi connectivity index (χ0n) is 10.7. The Hall–Kier alpha value is -2.83. The summed E-state index contributed by atoms with van der Waals surface area (Å²) in [4.78, 5) is 26.1. The van der Waals surface area contributed by atoms with Gasteiger partial charge >= 0.3 is 0 Å². The summed E-state index contributed by atoms with van der Waals surface area (Å²) in [6.07, 6.45) is 4.20. The predicted octanol–water partition coefficient (Wildman–Crippen LogP) is 0.883. The Bertz CT molecular complexity index is 777. The Morgan fingerprint density at radius 1 is 1.35 bits per heavy atom. The first-order valence-corrected chi connectivity index (χ1v) is 6.24. The maximum atomic E-state index is 11.9. The molecule has 102 valence electrons. The normalized spacial score (nSPS) is 10.8. The molecule has 0 saturated heterocycles. The van der Waals surface area contributed by atoms with Gasteiger partial charge in [0, 0.05) is 31.0 Å². The summed E-state index contributed by atoms with van der Waals surface area (Å²) in [6.45, 7) is 0.622. The van der Waals surface area contributed by atoms with Crippen molar-refractivity contribution in [1.82, 2.24) is 19.9 Å². The Balaban J connectivity index is 1.78. The molecule has 0 aliphatic rings. The van der Waals surface area contributed by atoms with Crippen LogP contribution < -0.4 is 16.6 Å². The lowest BCUT2D eigenvalue weighted by atomic mass is 10.2. The first-order chi connectivity index (χ1) is 9.72. The minimum atomic E-state index is -0.206. The van der Waals surface area contributed by atoms with E-state index in [4.69, 9.17) is 5.73 Å². The average Bonchev–Trinajstić information content (AvgIpc) is 2.93. The van der Waals surface area contributed by atoms with Gasteiger partial charge in [-0.3, -0.25) is 9.78 Å². The highest BCUT2D eigenvalue weighted by Crippen LogP contribution is 2.12. The third-order valence-corrected chi connectivity index (χ3v) is 2.94. The fraction of sp³-hybridized carbons (Fsp3) is 0.154. The fourth-order valence-electron chi connectivity index (χ4n) is 1.97. The third-order valence-electron chi connectivity index (χ3n) is 2.94. The minimum absolute atomic E-state index is 0.206. The number of aromatic nitrogens is 4. The van der Waals surface area contributed by atoms with Crippen molar-refractivity contribution in [2.24, 2.45) is 0 Å². The summed E-state index contributed by atoms with van der Waals surface area (Å²) in [7, 11) is 0. The van der Waals surface area contributed by atoms with E-state index in [9.17, 15) is 4.79 Å². The van der Waals surface area contributed by atoms with Gasteiger partial charge in [-0.1, -0.05) is 0 Å². The molecule has 0 radical (unpaired) electrons. The van der Waals surface area contributed by atoms with Gasteiger partial charge in [-0.2, -0.15) is 0 Å². The number of imidazole rings is 1. The molecule has 2 aromatic heterocycles. The van der Waals surface area contributed by atoms with Gasteiger partial charge < -0.3 is 16.0 Å². The van der Waals surface area contributed by atoms with Crippen LogP contribution in [0.5, 0.6) is 0 Å². The van der Waals surface area contributed by atoms with E-state index in [1.807, 2.05) is 0 Å². The molecule has 7 heteroatoms. The maximum Gasteiger partial charge on any atom is 0.260 e. The molecule has 0 aliphatic carbocycles. The summed E-state index contributed by atoms with van der Waals surface area (Å²) >= 11 is 0. The molecule has 0 amide bonds. The number of nitrogens with two attached hydrogens (primary N) is 1. The molecule has 5 N–H and O–H groups in total. The smallest absolute Gasteiger partial charge is 0.260 e. The number of nitrogens with one attached hydrogen (secondary N) is 3. The Morgan fingerprint density at radius 2 is 2.25 bits per heavy atom. The second kappa shape index (κ2) is 5.04. The standard InChI is InChI=1S/C13H14N6O/c14-8-1-2-10-9(7-8)12(20)19-13(18-10)17-4-3-11-15-5-6-16-11/h1-2,5-7H,3-4,14H2,(H,15,16)(H2,17,18,19,20). The molecular formula is C13H14N6O. The van der Waals surface area contributed by atoms with Gasteiger partial charge in [0.2, 0.25) is 5.95 Å². The fourth-order valence-corrected chi connectivity index (χ4v) is 1.97. The Kier molecular flexibility index (Phi) is 3.08. The molecule has 7 nitrogen and oxygen atoms in total. The highest BCUT2D eigenvalue weighted by atomic mass is 16.1. The number of rotatable bonds is 4. The van der Waals surface area contributed by atoms with Crippen LogP contribution >= 0.6 is 0 Å². The molecule has 0 saturated carbocycles. The predicted molar refractivity (Wildman–Crippen MR) is 77.6 cm³/mol. The van der Waals surface area contributed by atoms with Crippen molar-refractivity contribution in [1.29, 1.82) is 0 Å². The number of nitrogen functional groups attached to an aromatic ring is 1. The molecule has 0 spiro atoms. The largest absolute Gasteiger partial charge is 0.399 e. The molecule has 2 heterocycles. The van der Waals surface area contributed by atoms with Gasteiger partial charge in [0.1, 0.15) is 5.82 Å². The topological polar surface area (TPSA) is 112 Å². The van der Waals surface area contributed by atoms with Crippen LogP contribution in [0.4, 0.5) is 11.6 Å². The SMILES string of the molecule is Nc1ccc2nc(NCCc3ncc[nH]3)[nH]c(=O)c2c1. The van der Waals surface area contributed by atoms with Crippen LogP contribution in [0.1, 0.15) is 5.82 Å². The van der Waals surface area contributed by atoms with Gasteiger partial charge in [-0.25, -0.2) is 9.97 Å². The molecule has 0 bridgehead atoms. The van der Waals surface area contributed by atoms with Crippen LogP contribution in [0.2, 0.25) is 0 Å². The van der Waals surface area contributed by atoms with Gasteiger partial charge in [-0.15, -0.1) is 0 Å². The van der Waals surface area contributed by atoms with E-state index >= 15 is 0 Å². The van der Waals surface area contributed by atoms with E-state index in [1.165, 1.54) is 0 Å². The summed E-state index contributed by atoms with van der Waals surface area (Å²) in [5.41, 5.74) is 6.61. The molecule has 20 heavy (non-hydrogen) atoms. The molecule has 0 atom stereocenters. The molecule has 3 rings (SSSR count). The molecule has 3 aromatic rings. The molecule has 0 unspecified atom stereocenters. The number of anilines is 2. The zero-order valence-corrected chi connectivity index (χ0v) is 10.7. The number of aromatic amines is 2. The first-order valence-electron chi connectivity index (χ1n) is 6.24. The van der Waals surface area contributed by atoms with Crippen molar-refractivity contribution < 1.29 is 0 Å². The van der Waals surface area contributed by atoms with Crippen LogP contribution in [-0.2, 0) is 6.42 Å². The Labute approximate surface area is 114 Å². The van der Waals surface area contributed by atoms with E-state index in [-0.39, 0.29) is 5.56 Å². The third kappa shape index (κ3) is 2.46. The highest BCUT2D eigenvalue weighted by Gasteiger charge is 2.04. The highest BCUT2D eigenvalue weighted by molar-refractivity contribution is 5.81. The van der Waals surface area contributed by atoms with Crippen molar-refractivity contribution in [2.75, 3.05) is 17.6 Å². The Morgan fingerprint density at radius 3 is 3.05 bits per heavy atom. The van der Waals surface area contributed by atoms with Gasteiger partial charge in [0.15, 0.2) is 0 Å². The lowest BCUT2D eigenvalue weighted by Crippen LogP contribution is -2.15. The van der Waals surface area contributed by atoms with Gasteiger partial charge in [0.05, 0.1) is 10.9 Å². The van der Waals surface area contributed by atoms with Crippen LogP contribution in [0.3, 0.4) is 0 Å². The van der Waals surface area contributed by atoms with Crippen LogP contribution in [0.25, 0.3) is 10.9 Å². The number of benzene rings is 1. The van der Waals surface area contributed by atoms with Gasteiger partial charge in [-0.05, 0) is 18.2 Å². The molecule has 0 fully saturated rings. The van der Waals surface area contributed by atoms with Crippen LogP contribution in [0.15, 0.2) is 35.4 Å². The molecular weight excluding hydrogens is 256 g/mol. The maximum absolute atomic E-state index is 11.9. The van der Waals surface area contributed by atoms with Crippen molar-refractivity contribution in [3.63, 3.8) is 0 Å². The van der Waals surface area contributed by atoms with Crippen molar-refractivity contribution in [2.45, 2.75) is 6.42 Å². The second-order valence-corrected chi connectivity index (χ2v) is 4.40. The van der Waals surface area contributed by atoms with E-state index in [0.29, 0.717) is 29.1 Å². The lowest BCUT2D eigenvalue weighted by Gasteiger charge is -2.05. The number of hydrogen-bond acceptors (Lipinski definition) is 5. The van der Waals surface area contributed by atoms with Crippen molar-refractivity contribution in [3.8, 4) is 0 Å². The molecule has 0 aliphatic heterocycles. The monoisotopic (exact) mass is 270 g/mol. The zero-order chi connectivity index (χ0) is 13.9. The summed E-state index contributed by atoms with van der Waals surface area (Å²) < 4.78 is 0. The minimum Gasteiger partial charge on any atom is -0.399 e.